The third-order valence-corrected chi connectivity index (χ3v) is 5.27. The van der Waals surface area contributed by atoms with Gasteiger partial charge in [0.2, 0.25) is 0 Å². The van der Waals surface area contributed by atoms with Crippen LogP contribution in [-0.2, 0) is 0 Å². The van der Waals surface area contributed by atoms with Crippen LogP contribution < -0.4 is 4.74 Å². The maximum absolute atomic E-state index is 14.3. The van der Waals surface area contributed by atoms with E-state index < -0.39 is 35.0 Å². The van der Waals surface area contributed by atoms with Gasteiger partial charge in [-0.25, -0.2) is 18.2 Å². The molecular formula is C23H16ClF3N2O2. The lowest BCUT2D eigenvalue weighted by Gasteiger charge is -2.24. The molecule has 1 aliphatic heterocycles. The number of para-hydroxylation sites is 1. The van der Waals surface area contributed by atoms with E-state index in [1.165, 1.54) is 7.11 Å². The highest BCUT2D eigenvalue weighted by molar-refractivity contribution is 6.30. The Kier molecular flexibility index (Phi) is 5.69. The van der Waals surface area contributed by atoms with Gasteiger partial charge >= 0.3 is 0 Å². The van der Waals surface area contributed by atoms with Crippen LogP contribution in [0.15, 0.2) is 65.8 Å². The average molecular weight is 445 g/mol. The lowest BCUT2D eigenvalue weighted by molar-refractivity contribution is 0.0699. The molecule has 4 rings (SSSR count). The van der Waals surface area contributed by atoms with Crippen molar-refractivity contribution in [1.29, 1.82) is 0 Å². The zero-order valence-corrected chi connectivity index (χ0v) is 17.0. The summed E-state index contributed by atoms with van der Waals surface area (Å²) in [6, 6.07) is 14.1. The zero-order chi connectivity index (χ0) is 22.1. The third-order valence-electron chi connectivity index (χ3n) is 5.01. The molecule has 3 aromatic carbocycles. The van der Waals surface area contributed by atoms with Crippen LogP contribution in [0.2, 0.25) is 5.02 Å². The van der Waals surface area contributed by atoms with Gasteiger partial charge in [-0.3, -0.25) is 4.79 Å². The number of carbonyl (C=O) groups excluding carboxylic acids is 1. The first-order valence-electron chi connectivity index (χ1n) is 9.33. The van der Waals surface area contributed by atoms with Gasteiger partial charge in [-0.1, -0.05) is 41.9 Å². The summed E-state index contributed by atoms with van der Waals surface area (Å²) in [6.45, 7) is 0. The smallest absolute Gasteiger partial charge is 0.280 e. The van der Waals surface area contributed by atoms with Gasteiger partial charge in [-0.15, -0.1) is 0 Å². The summed E-state index contributed by atoms with van der Waals surface area (Å²) in [5.74, 6) is -4.22. The largest absolute Gasteiger partial charge is 0.496 e. The molecule has 1 atom stereocenters. The van der Waals surface area contributed by atoms with Crippen LogP contribution >= 0.6 is 11.6 Å². The van der Waals surface area contributed by atoms with Crippen molar-refractivity contribution < 1.29 is 22.7 Å². The normalized spacial score (nSPS) is 15.7. The van der Waals surface area contributed by atoms with Gasteiger partial charge in [-0.2, -0.15) is 5.10 Å². The SMILES string of the molecule is COc1ccccc1C1CC(c2ccc(Cl)cc2)=NN1C(=O)c1c(F)cc(F)cc1F. The molecule has 0 radical (unpaired) electrons. The number of amides is 1. The molecule has 0 saturated heterocycles. The second-order valence-corrected chi connectivity index (χ2v) is 7.35. The Hall–Kier alpha value is -3.32. The topological polar surface area (TPSA) is 41.9 Å². The van der Waals surface area contributed by atoms with Crippen molar-refractivity contribution >= 4 is 23.2 Å². The molecule has 0 fully saturated rings. The highest BCUT2D eigenvalue weighted by Crippen LogP contribution is 2.38. The first-order chi connectivity index (χ1) is 14.9. The highest BCUT2D eigenvalue weighted by atomic mass is 35.5. The summed E-state index contributed by atoms with van der Waals surface area (Å²) in [6.07, 6.45) is 0.276. The molecule has 1 unspecified atom stereocenters. The van der Waals surface area contributed by atoms with Crippen molar-refractivity contribution in [2.75, 3.05) is 7.11 Å². The van der Waals surface area contributed by atoms with Crippen molar-refractivity contribution in [3.05, 3.63) is 99.8 Å². The number of carbonyl (C=O) groups is 1. The Morgan fingerprint density at radius 3 is 2.35 bits per heavy atom. The van der Waals surface area contributed by atoms with E-state index in [1.807, 2.05) is 0 Å². The predicted molar refractivity (Wildman–Crippen MR) is 111 cm³/mol. The molecule has 0 bridgehead atoms. The minimum absolute atomic E-state index is 0.276. The molecular weight excluding hydrogens is 429 g/mol. The zero-order valence-electron chi connectivity index (χ0n) is 16.3. The van der Waals surface area contributed by atoms with E-state index in [4.69, 9.17) is 16.3 Å². The maximum atomic E-state index is 14.3. The quantitative estimate of drug-likeness (QED) is 0.513. The van der Waals surface area contributed by atoms with E-state index in [0.717, 1.165) is 5.01 Å². The van der Waals surface area contributed by atoms with Crippen LogP contribution in [0, 0.1) is 17.5 Å². The summed E-state index contributed by atoms with van der Waals surface area (Å²) in [5.41, 5.74) is 0.986. The summed E-state index contributed by atoms with van der Waals surface area (Å²) < 4.78 is 47.4. The van der Waals surface area contributed by atoms with Crippen molar-refractivity contribution in [3.63, 3.8) is 0 Å². The van der Waals surface area contributed by atoms with Crippen LogP contribution in [0.1, 0.15) is 33.9 Å². The number of hydrogen-bond donors (Lipinski definition) is 0. The van der Waals surface area contributed by atoms with E-state index >= 15 is 0 Å². The number of hydrogen-bond acceptors (Lipinski definition) is 3. The van der Waals surface area contributed by atoms with Gasteiger partial charge < -0.3 is 4.74 Å². The first kappa shape index (κ1) is 20.9. The minimum Gasteiger partial charge on any atom is -0.496 e. The number of halogens is 4. The van der Waals surface area contributed by atoms with Gasteiger partial charge in [0.25, 0.3) is 5.91 Å². The van der Waals surface area contributed by atoms with Gasteiger partial charge in [0.1, 0.15) is 28.8 Å². The monoisotopic (exact) mass is 444 g/mol. The highest BCUT2D eigenvalue weighted by Gasteiger charge is 2.37. The third kappa shape index (κ3) is 4.01. The number of hydrazone groups is 1. The number of benzene rings is 3. The molecule has 0 spiro atoms. The van der Waals surface area contributed by atoms with E-state index in [1.54, 1.807) is 48.5 Å². The molecule has 3 aromatic rings. The van der Waals surface area contributed by atoms with Crippen LogP contribution in [0.25, 0.3) is 0 Å². The average Bonchev–Trinajstić information content (AvgIpc) is 3.18. The van der Waals surface area contributed by atoms with Crippen LogP contribution in [0.5, 0.6) is 5.75 Å². The Balaban J connectivity index is 1.81. The van der Waals surface area contributed by atoms with Gasteiger partial charge in [0.15, 0.2) is 0 Å². The van der Waals surface area contributed by atoms with Crippen LogP contribution in [-0.4, -0.2) is 23.7 Å². The molecule has 0 saturated carbocycles. The second kappa shape index (κ2) is 8.43. The molecule has 0 aromatic heterocycles. The van der Waals surface area contributed by atoms with E-state index in [9.17, 15) is 18.0 Å². The summed E-state index contributed by atoms with van der Waals surface area (Å²) >= 11 is 5.95. The molecule has 1 aliphatic rings. The van der Waals surface area contributed by atoms with E-state index in [-0.39, 0.29) is 6.42 Å². The van der Waals surface area contributed by atoms with Gasteiger partial charge in [0, 0.05) is 29.1 Å². The molecule has 31 heavy (non-hydrogen) atoms. The lowest BCUT2D eigenvalue weighted by Crippen LogP contribution is -2.29. The lowest BCUT2D eigenvalue weighted by atomic mass is 9.97. The molecule has 1 amide bonds. The number of methoxy groups -OCH3 is 1. The van der Waals surface area contributed by atoms with E-state index in [2.05, 4.69) is 5.10 Å². The Labute approximate surface area is 181 Å². The fourth-order valence-corrected chi connectivity index (χ4v) is 3.69. The van der Waals surface area contributed by atoms with Gasteiger partial charge in [0.05, 0.1) is 18.9 Å². The fraction of sp³-hybridized carbons (Fsp3) is 0.130. The molecule has 0 N–H and O–H groups in total. The Morgan fingerprint density at radius 2 is 1.71 bits per heavy atom. The van der Waals surface area contributed by atoms with Gasteiger partial charge in [-0.05, 0) is 23.8 Å². The van der Waals surface area contributed by atoms with Crippen molar-refractivity contribution in [3.8, 4) is 5.75 Å². The molecule has 158 valence electrons. The van der Waals surface area contributed by atoms with Crippen LogP contribution in [0.3, 0.4) is 0 Å². The fourth-order valence-electron chi connectivity index (χ4n) is 3.56. The number of ether oxygens (including phenoxy) is 1. The molecule has 8 heteroatoms. The van der Waals surface area contributed by atoms with Crippen LogP contribution in [0.4, 0.5) is 13.2 Å². The molecule has 1 heterocycles. The Bertz CT molecular complexity index is 1160. The maximum Gasteiger partial charge on any atom is 0.280 e. The van der Waals surface area contributed by atoms with Crippen molar-refractivity contribution in [1.82, 2.24) is 5.01 Å². The van der Waals surface area contributed by atoms with Crippen molar-refractivity contribution in [2.24, 2.45) is 5.10 Å². The summed E-state index contributed by atoms with van der Waals surface area (Å²) in [5, 5.41) is 5.93. The molecule has 4 nitrogen and oxygen atoms in total. The van der Waals surface area contributed by atoms with E-state index in [0.29, 0.717) is 39.7 Å². The summed E-state index contributed by atoms with van der Waals surface area (Å²) in [7, 11) is 1.49. The van der Waals surface area contributed by atoms with Crippen molar-refractivity contribution in [2.45, 2.75) is 12.5 Å². The first-order valence-corrected chi connectivity index (χ1v) is 9.71. The standard InChI is InChI=1S/C23H16ClF3N2O2/c1-31-21-5-3-2-4-16(21)20-12-19(13-6-8-14(24)9-7-13)28-29(20)23(30)22-17(26)10-15(25)11-18(22)27/h2-11,20H,12H2,1H3. The molecule has 0 aliphatic carbocycles. The number of rotatable bonds is 4. The Morgan fingerprint density at radius 1 is 1.06 bits per heavy atom. The minimum atomic E-state index is -1.29. The second-order valence-electron chi connectivity index (χ2n) is 6.91. The predicted octanol–water partition coefficient (Wildman–Crippen LogP) is 5.76. The summed E-state index contributed by atoms with van der Waals surface area (Å²) in [4.78, 5) is 13.2. The number of nitrogens with zero attached hydrogens (tertiary/aromatic N) is 2.